The van der Waals surface area contributed by atoms with Crippen molar-refractivity contribution in [2.75, 3.05) is 7.11 Å². The Hall–Kier alpha value is -2.02. The van der Waals surface area contributed by atoms with Crippen molar-refractivity contribution in [2.24, 2.45) is 5.73 Å². The first kappa shape index (κ1) is 10.1. The summed E-state index contributed by atoms with van der Waals surface area (Å²) >= 11 is 0. The van der Waals surface area contributed by atoms with E-state index in [1.165, 1.54) is 19.2 Å². The Labute approximate surface area is 81.2 Å². The van der Waals surface area contributed by atoms with E-state index in [1.807, 2.05) is 0 Å². The van der Waals surface area contributed by atoms with Gasteiger partial charge in [0.2, 0.25) is 0 Å². The van der Waals surface area contributed by atoms with E-state index in [0.717, 1.165) is 6.08 Å². The van der Waals surface area contributed by atoms with Crippen molar-refractivity contribution >= 4 is 5.70 Å². The molecule has 1 rings (SSSR count). The number of hydrogen-bond donors (Lipinski definition) is 1. The summed E-state index contributed by atoms with van der Waals surface area (Å²) in [5.74, 6) is -0.349. The highest BCUT2D eigenvalue weighted by Gasteiger charge is 2.04. The maximum atomic E-state index is 13.2. The second-order valence-corrected chi connectivity index (χ2v) is 2.58. The lowest BCUT2D eigenvalue weighted by Crippen LogP contribution is -1.97. The number of nitrogens with two attached hydrogens (primary N) is 1. The summed E-state index contributed by atoms with van der Waals surface area (Å²) in [6, 6.07) is 6.05. The zero-order valence-electron chi connectivity index (χ0n) is 7.62. The van der Waals surface area contributed by atoms with Gasteiger partial charge in [-0.25, -0.2) is 4.39 Å². The Morgan fingerprint density at radius 2 is 2.36 bits per heavy atom. The summed E-state index contributed by atoms with van der Waals surface area (Å²) in [6.45, 7) is 0. The van der Waals surface area contributed by atoms with Gasteiger partial charge in [0.05, 0.1) is 13.2 Å². The van der Waals surface area contributed by atoms with Gasteiger partial charge in [0.25, 0.3) is 0 Å². The quantitative estimate of drug-likeness (QED) is 0.725. The number of hydrogen-bond acceptors (Lipinski definition) is 3. The molecule has 14 heavy (non-hydrogen) atoms. The molecule has 1 aromatic carbocycles. The van der Waals surface area contributed by atoms with E-state index >= 15 is 0 Å². The smallest absolute Gasteiger partial charge is 0.165 e. The third-order valence-electron chi connectivity index (χ3n) is 1.71. The van der Waals surface area contributed by atoms with Crippen molar-refractivity contribution in [2.45, 2.75) is 0 Å². The summed E-state index contributed by atoms with van der Waals surface area (Å²) in [5.41, 5.74) is 6.19. The van der Waals surface area contributed by atoms with Crippen molar-refractivity contribution in [3.05, 3.63) is 35.7 Å². The minimum atomic E-state index is -0.501. The zero-order valence-corrected chi connectivity index (χ0v) is 7.62. The number of ether oxygens (including phenoxy) is 1. The molecule has 0 heterocycles. The topological polar surface area (TPSA) is 59.0 Å². The van der Waals surface area contributed by atoms with Crippen LogP contribution >= 0.6 is 0 Å². The van der Waals surface area contributed by atoms with E-state index in [4.69, 9.17) is 15.7 Å². The molecule has 0 bridgehead atoms. The molecular weight excluding hydrogens is 183 g/mol. The SMILES string of the molecule is COc1ccc(C(N)=CC#N)cc1F. The minimum Gasteiger partial charge on any atom is -0.494 e. The molecule has 72 valence electrons. The van der Waals surface area contributed by atoms with E-state index in [1.54, 1.807) is 12.1 Å². The van der Waals surface area contributed by atoms with Gasteiger partial charge >= 0.3 is 0 Å². The molecule has 0 radical (unpaired) electrons. The fraction of sp³-hybridized carbons (Fsp3) is 0.100. The molecule has 4 heteroatoms. The molecule has 0 unspecified atom stereocenters. The third kappa shape index (κ3) is 2.02. The Morgan fingerprint density at radius 3 is 2.86 bits per heavy atom. The van der Waals surface area contributed by atoms with Crippen molar-refractivity contribution in [3.63, 3.8) is 0 Å². The molecule has 0 aliphatic rings. The van der Waals surface area contributed by atoms with Gasteiger partial charge in [-0.1, -0.05) is 0 Å². The summed E-state index contributed by atoms with van der Waals surface area (Å²) in [4.78, 5) is 0. The normalized spacial score (nSPS) is 10.8. The fourth-order valence-electron chi connectivity index (χ4n) is 0.999. The molecule has 0 amide bonds. The van der Waals surface area contributed by atoms with Crippen LogP contribution in [-0.2, 0) is 0 Å². The predicted molar refractivity (Wildman–Crippen MR) is 50.7 cm³/mol. The first-order chi connectivity index (χ1) is 6.69. The molecule has 0 saturated carbocycles. The fourth-order valence-corrected chi connectivity index (χ4v) is 0.999. The number of benzene rings is 1. The predicted octanol–water partition coefficient (Wildman–Crippen LogP) is 1.66. The lowest BCUT2D eigenvalue weighted by molar-refractivity contribution is 0.386. The number of allylic oxidation sites excluding steroid dienone is 1. The van der Waals surface area contributed by atoms with Crippen molar-refractivity contribution in [1.29, 1.82) is 5.26 Å². The average Bonchev–Trinajstić information content (AvgIpc) is 2.18. The molecule has 0 aliphatic heterocycles. The second-order valence-electron chi connectivity index (χ2n) is 2.58. The van der Waals surface area contributed by atoms with Crippen molar-refractivity contribution in [3.8, 4) is 11.8 Å². The molecule has 0 atom stereocenters. The molecule has 1 aromatic rings. The van der Waals surface area contributed by atoms with Gasteiger partial charge in [0.1, 0.15) is 0 Å². The Bertz CT molecular complexity index is 407. The summed E-state index contributed by atoms with van der Waals surface area (Å²) in [5, 5.41) is 8.34. The van der Waals surface area contributed by atoms with Crippen LogP contribution in [0.2, 0.25) is 0 Å². The first-order valence-electron chi connectivity index (χ1n) is 3.88. The van der Waals surface area contributed by atoms with E-state index in [2.05, 4.69) is 0 Å². The molecule has 0 aromatic heterocycles. The number of nitriles is 1. The number of rotatable bonds is 2. The van der Waals surface area contributed by atoms with Crippen LogP contribution in [0.25, 0.3) is 5.70 Å². The van der Waals surface area contributed by atoms with E-state index in [0.29, 0.717) is 5.56 Å². The molecule has 0 fully saturated rings. The van der Waals surface area contributed by atoms with Gasteiger partial charge in [-0.05, 0) is 18.2 Å². The van der Waals surface area contributed by atoms with Crippen LogP contribution in [0.3, 0.4) is 0 Å². The lowest BCUT2D eigenvalue weighted by atomic mass is 10.1. The summed E-state index contributed by atoms with van der Waals surface area (Å²) in [6.07, 6.45) is 1.15. The van der Waals surface area contributed by atoms with E-state index in [-0.39, 0.29) is 11.4 Å². The van der Waals surface area contributed by atoms with Crippen molar-refractivity contribution < 1.29 is 9.13 Å². The van der Waals surface area contributed by atoms with Crippen LogP contribution in [0.1, 0.15) is 5.56 Å². The number of methoxy groups -OCH3 is 1. The van der Waals surface area contributed by atoms with Crippen LogP contribution in [0.15, 0.2) is 24.3 Å². The maximum absolute atomic E-state index is 13.2. The molecular formula is C10H9FN2O. The average molecular weight is 192 g/mol. The van der Waals surface area contributed by atoms with Crippen LogP contribution in [0.5, 0.6) is 5.75 Å². The largest absolute Gasteiger partial charge is 0.494 e. The highest BCUT2D eigenvalue weighted by molar-refractivity contribution is 5.65. The maximum Gasteiger partial charge on any atom is 0.165 e. The van der Waals surface area contributed by atoms with Gasteiger partial charge in [-0.15, -0.1) is 0 Å². The molecule has 2 N–H and O–H groups in total. The highest BCUT2D eigenvalue weighted by Crippen LogP contribution is 2.20. The minimum absolute atomic E-state index is 0.151. The standard InChI is InChI=1S/C10H9FN2O/c1-14-10-3-2-7(6-8(10)11)9(13)4-5-12/h2-4,6H,13H2,1H3. The van der Waals surface area contributed by atoms with Crippen LogP contribution in [-0.4, -0.2) is 7.11 Å². The van der Waals surface area contributed by atoms with Gasteiger partial charge < -0.3 is 10.5 Å². The third-order valence-corrected chi connectivity index (χ3v) is 1.71. The Morgan fingerprint density at radius 1 is 1.64 bits per heavy atom. The number of nitrogens with zero attached hydrogens (tertiary/aromatic N) is 1. The van der Waals surface area contributed by atoms with E-state index in [9.17, 15) is 4.39 Å². The van der Waals surface area contributed by atoms with Gasteiger partial charge in [-0.2, -0.15) is 5.26 Å². The van der Waals surface area contributed by atoms with Crippen LogP contribution < -0.4 is 10.5 Å². The zero-order chi connectivity index (χ0) is 10.6. The molecule has 0 saturated heterocycles. The Balaban J connectivity index is 3.10. The lowest BCUT2D eigenvalue weighted by Gasteiger charge is -2.04. The van der Waals surface area contributed by atoms with Gasteiger partial charge in [0, 0.05) is 17.3 Å². The molecule has 3 nitrogen and oxygen atoms in total. The Kier molecular flexibility index (Phi) is 3.08. The van der Waals surface area contributed by atoms with Crippen LogP contribution in [0.4, 0.5) is 4.39 Å². The first-order valence-corrected chi connectivity index (χ1v) is 3.88. The van der Waals surface area contributed by atoms with Crippen molar-refractivity contribution in [1.82, 2.24) is 0 Å². The summed E-state index contributed by atoms with van der Waals surface area (Å²) < 4.78 is 17.9. The summed E-state index contributed by atoms with van der Waals surface area (Å²) in [7, 11) is 1.38. The highest BCUT2D eigenvalue weighted by atomic mass is 19.1. The second kappa shape index (κ2) is 4.28. The van der Waals surface area contributed by atoms with E-state index < -0.39 is 5.82 Å². The number of halogens is 1. The van der Waals surface area contributed by atoms with Gasteiger partial charge in [-0.3, -0.25) is 0 Å². The van der Waals surface area contributed by atoms with Crippen LogP contribution in [0, 0.1) is 17.1 Å². The molecule has 0 spiro atoms. The monoisotopic (exact) mass is 192 g/mol. The van der Waals surface area contributed by atoms with Gasteiger partial charge in [0.15, 0.2) is 11.6 Å². The molecule has 0 aliphatic carbocycles.